The molecule has 1 aliphatic rings. The van der Waals surface area contributed by atoms with Gasteiger partial charge in [0.25, 0.3) is 0 Å². The summed E-state index contributed by atoms with van der Waals surface area (Å²) in [5, 5.41) is 0. The molecule has 1 amide bonds. The SMILES string of the molecule is CCCCCOc1ccc(C2NNC(C)C2C(=O)NN)cc1. The smallest absolute Gasteiger partial charge is 0.240 e. The first-order valence-corrected chi connectivity index (χ1v) is 7.91. The fourth-order valence-electron chi connectivity index (χ4n) is 2.77. The summed E-state index contributed by atoms with van der Waals surface area (Å²) in [7, 11) is 0. The highest BCUT2D eigenvalue weighted by Gasteiger charge is 2.38. The van der Waals surface area contributed by atoms with Crippen LogP contribution in [0.5, 0.6) is 5.75 Å². The van der Waals surface area contributed by atoms with E-state index in [1.54, 1.807) is 0 Å². The van der Waals surface area contributed by atoms with Crippen molar-refractivity contribution in [1.29, 1.82) is 0 Å². The Hall–Kier alpha value is -1.63. The normalized spacial score (nSPS) is 24.2. The van der Waals surface area contributed by atoms with Gasteiger partial charge in [0.15, 0.2) is 0 Å². The van der Waals surface area contributed by atoms with E-state index in [4.69, 9.17) is 10.6 Å². The van der Waals surface area contributed by atoms with Crippen LogP contribution in [0.1, 0.15) is 44.7 Å². The molecule has 0 aliphatic carbocycles. The van der Waals surface area contributed by atoms with Crippen LogP contribution < -0.4 is 26.9 Å². The molecule has 3 atom stereocenters. The Morgan fingerprint density at radius 3 is 2.64 bits per heavy atom. The van der Waals surface area contributed by atoms with Gasteiger partial charge in [-0.15, -0.1) is 0 Å². The highest BCUT2D eigenvalue weighted by atomic mass is 16.5. The molecule has 0 bridgehead atoms. The van der Waals surface area contributed by atoms with Gasteiger partial charge in [-0.3, -0.25) is 15.6 Å². The third kappa shape index (κ3) is 3.97. The van der Waals surface area contributed by atoms with Gasteiger partial charge >= 0.3 is 0 Å². The molecule has 2 rings (SSSR count). The second-order valence-electron chi connectivity index (χ2n) is 5.71. The lowest BCUT2D eigenvalue weighted by Gasteiger charge is -2.19. The van der Waals surface area contributed by atoms with E-state index in [2.05, 4.69) is 23.2 Å². The number of benzene rings is 1. The minimum absolute atomic E-state index is 0.0125. The molecule has 122 valence electrons. The van der Waals surface area contributed by atoms with Crippen LogP contribution in [0.4, 0.5) is 0 Å². The van der Waals surface area contributed by atoms with E-state index in [-0.39, 0.29) is 23.9 Å². The van der Waals surface area contributed by atoms with Crippen molar-refractivity contribution in [1.82, 2.24) is 16.3 Å². The molecule has 3 unspecified atom stereocenters. The number of nitrogens with one attached hydrogen (secondary N) is 3. The lowest BCUT2D eigenvalue weighted by Crippen LogP contribution is -2.41. The van der Waals surface area contributed by atoms with Gasteiger partial charge in [-0.2, -0.15) is 0 Å². The molecule has 1 aromatic rings. The summed E-state index contributed by atoms with van der Waals surface area (Å²) in [5.41, 5.74) is 9.54. The Labute approximate surface area is 131 Å². The number of unbranched alkanes of at least 4 members (excludes halogenated alkanes) is 2. The summed E-state index contributed by atoms with van der Waals surface area (Å²) in [6.07, 6.45) is 3.44. The van der Waals surface area contributed by atoms with Crippen molar-refractivity contribution in [3.05, 3.63) is 29.8 Å². The summed E-state index contributed by atoms with van der Waals surface area (Å²) in [6.45, 7) is 4.87. The number of nitrogens with two attached hydrogens (primary N) is 1. The van der Waals surface area contributed by atoms with Gasteiger partial charge in [0.2, 0.25) is 5.91 Å². The van der Waals surface area contributed by atoms with Gasteiger partial charge in [0.05, 0.1) is 18.6 Å². The van der Waals surface area contributed by atoms with Crippen molar-refractivity contribution in [2.75, 3.05) is 6.61 Å². The van der Waals surface area contributed by atoms with E-state index in [9.17, 15) is 4.79 Å². The second kappa shape index (κ2) is 8.12. The van der Waals surface area contributed by atoms with Crippen molar-refractivity contribution in [3.63, 3.8) is 0 Å². The van der Waals surface area contributed by atoms with Crippen LogP contribution >= 0.6 is 0 Å². The van der Waals surface area contributed by atoms with Crippen molar-refractivity contribution in [2.45, 2.75) is 45.2 Å². The van der Waals surface area contributed by atoms with Gasteiger partial charge in [-0.05, 0) is 31.0 Å². The first-order chi connectivity index (χ1) is 10.7. The molecule has 5 N–H and O–H groups in total. The maximum atomic E-state index is 11.9. The topological polar surface area (TPSA) is 88.4 Å². The molecule has 1 aromatic carbocycles. The van der Waals surface area contributed by atoms with Crippen molar-refractivity contribution in [3.8, 4) is 5.75 Å². The molecule has 0 radical (unpaired) electrons. The number of ether oxygens (including phenoxy) is 1. The number of carbonyl (C=O) groups is 1. The molecule has 6 nitrogen and oxygen atoms in total. The fourth-order valence-corrected chi connectivity index (χ4v) is 2.77. The predicted octanol–water partition coefficient (Wildman–Crippen LogP) is 1.40. The van der Waals surface area contributed by atoms with E-state index >= 15 is 0 Å². The number of hydrogen-bond acceptors (Lipinski definition) is 5. The molecule has 22 heavy (non-hydrogen) atoms. The van der Waals surface area contributed by atoms with Crippen LogP contribution in [0.25, 0.3) is 0 Å². The van der Waals surface area contributed by atoms with Gasteiger partial charge in [0, 0.05) is 6.04 Å². The molecular weight excluding hydrogens is 280 g/mol. The molecule has 0 aromatic heterocycles. The second-order valence-corrected chi connectivity index (χ2v) is 5.71. The largest absolute Gasteiger partial charge is 0.494 e. The lowest BCUT2D eigenvalue weighted by atomic mass is 9.89. The number of hydrogen-bond donors (Lipinski definition) is 4. The summed E-state index contributed by atoms with van der Waals surface area (Å²) < 4.78 is 5.71. The highest BCUT2D eigenvalue weighted by molar-refractivity contribution is 5.80. The zero-order chi connectivity index (χ0) is 15.9. The van der Waals surface area contributed by atoms with E-state index in [1.165, 1.54) is 12.8 Å². The van der Waals surface area contributed by atoms with Crippen LogP contribution in [-0.4, -0.2) is 18.6 Å². The summed E-state index contributed by atoms with van der Waals surface area (Å²) >= 11 is 0. The van der Waals surface area contributed by atoms with Gasteiger partial charge in [-0.1, -0.05) is 31.9 Å². The maximum Gasteiger partial charge on any atom is 0.240 e. The van der Waals surface area contributed by atoms with Crippen molar-refractivity contribution in [2.24, 2.45) is 11.8 Å². The first-order valence-electron chi connectivity index (χ1n) is 7.91. The summed E-state index contributed by atoms with van der Waals surface area (Å²) in [4.78, 5) is 11.9. The van der Waals surface area contributed by atoms with Gasteiger partial charge < -0.3 is 4.74 Å². The van der Waals surface area contributed by atoms with Gasteiger partial charge in [0.1, 0.15) is 5.75 Å². The molecule has 1 saturated heterocycles. The quantitative estimate of drug-likeness (QED) is 0.265. The lowest BCUT2D eigenvalue weighted by molar-refractivity contribution is -0.125. The summed E-state index contributed by atoms with van der Waals surface area (Å²) in [5.74, 6) is 5.72. The molecule has 1 fully saturated rings. The zero-order valence-electron chi connectivity index (χ0n) is 13.3. The highest BCUT2D eigenvalue weighted by Crippen LogP contribution is 2.29. The molecule has 0 saturated carbocycles. The first kappa shape index (κ1) is 16.7. The van der Waals surface area contributed by atoms with Gasteiger partial charge in [-0.25, -0.2) is 11.3 Å². The molecule has 1 aliphatic heterocycles. The van der Waals surface area contributed by atoms with Crippen LogP contribution in [0.3, 0.4) is 0 Å². The monoisotopic (exact) mass is 306 g/mol. The number of amides is 1. The Bertz CT molecular complexity index is 478. The third-order valence-electron chi connectivity index (χ3n) is 4.07. The number of hydrazine groups is 2. The van der Waals surface area contributed by atoms with Crippen molar-refractivity contribution >= 4 is 5.91 Å². The molecular formula is C16H26N4O2. The molecule has 1 heterocycles. The van der Waals surface area contributed by atoms with Crippen LogP contribution in [-0.2, 0) is 4.79 Å². The molecule has 0 spiro atoms. The Balaban J connectivity index is 1.98. The van der Waals surface area contributed by atoms with E-state index < -0.39 is 0 Å². The maximum absolute atomic E-state index is 11.9. The fraction of sp³-hybridized carbons (Fsp3) is 0.562. The Morgan fingerprint density at radius 1 is 1.27 bits per heavy atom. The van der Waals surface area contributed by atoms with E-state index in [0.29, 0.717) is 0 Å². The average Bonchev–Trinajstić information content (AvgIpc) is 2.93. The Morgan fingerprint density at radius 2 is 2.00 bits per heavy atom. The van der Waals surface area contributed by atoms with E-state index in [1.807, 2.05) is 31.2 Å². The Kier molecular flexibility index (Phi) is 6.18. The minimum atomic E-state index is -0.249. The predicted molar refractivity (Wildman–Crippen MR) is 85.8 cm³/mol. The zero-order valence-corrected chi connectivity index (χ0v) is 13.3. The van der Waals surface area contributed by atoms with Crippen LogP contribution in [0.15, 0.2) is 24.3 Å². The number of rotatable bonds is 7. The minimum Gasteiger partial charge on any atom is -0.494 e. The molecule has 6 heteroatoms. The van der Waals surface area contributed by atoms with E-state index in [0.717, 1.165) is 24.3 Å². The number of carbonyl (C=O) groups excluding carboxylic acids is 1. The van der Waals surface area contributed by atoms with Crippen LogP contribution in [0.2, 0.25) is 0 Å². The van der Waals surface area contributed by atoms with Crippen molar-refractivity contribution < 1.29 is 9.53 Å². The van der Waals surface area contributed by atoms with Crippen LogP contribution in [0, 0.1) is 5.92 Å². The standard InChI is InChI=1S/C16H26N4O2/c1-3-4-5-10-22-13-8-6-12(7-9-13)15-14(16(21)18-17)11(2)19-20-15/h6-9,11,14-15,19-20H,3-5,10,17H2,1-2H3,(H,18,21). The average molecular weight is 306 g/mol. The summed E-state index contributed by atoms with van der Waals surface area (Å²) in [6, 6.07) is 7.78. The third-order valence-corrected chi connectivity index (χ3v) is 4.07.